The summed E-state index contributed by atoms with van der Waals surface area (Å²) in [7, 11) is 2.91. The number of terminal acetylenes is 1. The number of ether oxygens (including phenoxy) is 8. The first-order chi connectivity index (χ1) is 54.1. The summed E-state index contributed by atoms with van der Waals surface area (Å²) in [6, 6.07) is 4.28. The Kier molecular flexibility index (Phi) is 26.0. The molecule has 0 unspecified atom stereocenters. The van der Waals surface area contributed by atoms with Crippen molar-refractivity contribution in [1.29, 1.82) is 0 Å². The Balaban J connectivity index is 1.12. The van der Waals surface area contributed by atoms with E-state index in [4.69, 9.17) is 73.3 Å². The van der Waals surface area contributed by atoms with Crippen LogP contribution in [0.15, 0.2) is 97.1 Å². The van der Waals surface area contributed by atoms with Gasteiger partial charge in [-0.3, -0.25) is 33.6 Å². The number of primary amides is 1. The van der Waals surface area contributed by atoms with Gasteiger partial charge in [-0.25, -0.2) is 4.79 Å². The van der Waals surface area contributed by atoms with Gasteiger partial charge in [-0.2, -0.15) is 0 Å². The number of aromatic hydroxyl groups is 3. The minimum atomic E-state index is -2.37. The highest BCUT2D eigenvalue weighted by atomic mass is 35.5. The molecule has 7 aliphatic heterocycles. The first-order valence-corrected chi connectivity index (χ1v) is 36.5. The van der Waals surface area contributed by atoms with Gasteiger partial charge < -0.3 is 137 Å². The lowest BCUT2D eigenvalue weighted by atomic mass is 9.84. The molecule has 37 heteroatoms. The predicted molar refractivity (Wildman–Crippen MR) is 399 cm³/mol. The highest BCUT2D eigenvalue weighted by molar-refractivity contribution is 6.32. The maximum Gasteiger partial charge on any atom is 0.330 e. The van der Waals surface area contributed by atoms with Crippen LogP contribution < -0.4 is 72.0 Å². The Morgan fingerprint density at radius 2 is 1.37 bits per heavy atom. The number of nitrogens with two attached hydrogens (primary N) is 1. The van der Waals surface area contributed by atoms with Crippen LogP contribution in [0.5, 0.6) is 57.5 Å². The number of carboxylic acid groups (broad SMARTS) is 1. The van der Waals surface area contributed by atoms with E-state index in [0.717, 1.165) is 66.7 Å². The number of fused-ring (bicyclic) bond motifs is 15. The lowest BCUT2D eigenvalue weighted by Gasteiger charge is -2.48. The van der Waals surface area contributed by atoms with Gasteiger partial charge in [0.1, 0.15) is 96.1 Å². The molecule has 0 aliphatic carbocycles. The van der Waals surface area contributed by atoms with Crippen molar-refractivity contribution in [1.82, 2.24) is 42.5 Å². The average molecular weight is 1620 g/mol. The molecule has 0 aromatic heterocycles. The molecule has 114 heavy (non-hydrogen) atoms. The molecule has 0 saturated carbocycles. The molecule has 2 fully saturated rings. The number of carboxylic acids is 1. The smallest absolute Gasteiger partial charge is 0.330 e. The summed E-state index contributed by atoms with van der Waals surface area (Å²) in [6.07, 6.45) is -13.5. The molecule has 18 atom stereocenters. The van der Waals surface area contributed by atoms with Crippen molar-refractivity contribution in [3.8, 4) is 81.0 Å². The summed E-state index contributed by atoms with van der Waals surface area (Å²) >= 11 is 14.3. The van der Waals surface area contributed by atoms with Crippen molar-refractivity contribution in [2.45, 2.75) is 163 Å². The fraction of sp³-hybridized carbons (Fsp3) is 0.403. The maximum atomic E-state index is 16.2. The van der Waals surface area contributed by atoms with Crippen molar-refractivity contribution in [3.05, 3.63) is 140 Å². The van der Waals surface area contributed by atoms with Gasteiger partial charge in [0.05, 0.1) is 48.4 Å². The number of rotatable bonds is 19. The topological polar surface area (TPSA) is 535 Å². The van der Waals surface area contributed by atoms with E-state index in [0.29, 0.717) is 17.1 Å². The zero-order valence-electron chi connectivity index (χ0n) is 61.8. The Labute approximate surface area is 660 Å². The number of benzene rings is 6. The van der Waals surface area contributed by atoms with Crippen LogP contribution >= 0.6 is 23.2 Å². The fourth-order valence-corrected chi connectivity index (χ4v) is 14.5. The summed E-state index contributed by atoms with van der Waals surface area (Å²) in [5.74, 6) is -13.0. The van der Waals surface area contributed by atoms with E-state index < -0.39 is 237 Å². The number of aliphatic hydroxyl groups is 6. The number of aliphatic hydroxyl groups excluding tert-OH is 6. The Morgan fingerprint density at radius 3 is 1.98 bits per heavy atom. The number of carbonyl (C=O) groups excluding carboxylic acids is 7. The second-order valence-electron chi connectivity index (χ2n) is 28.5. The molecule has 35 nitrogen and oxygen atoms in total. The van der Waals surface area contributed by atoms with Crippen LogP contribution in [0.1, 0.15) is 111 Å². The van der Waals surface area contributed by atoms with Crippen molar-refractivity contribution in [2.75, 3.05) is 27.4 Å². The van der Waals surface area contributed by atoms with E-state index in [-0.39, 0.29) is 59.4 Å². The summed E-state index contributed by atoms with van der Waals surface area (Å²) < 4.78 is 50.5. The molecule has 0 radical (unpaired) electrons. The molecule has 6 aromatic carbocycles. The summed E-state index contributed by atoms with van der Waals surface area (Å²) in [5.41, 5.74) is 2.24. The number of amides is 7. The van der Waals surface area contributed by atoms with E-state index in [2.05, 4.69) is 48.5 Å². The monoisotopic (exact) mass is 1620 g/mol. The first-order valence-electron chi connectivity index (χ1n) is 35.8. The van der Waals surface area contributed by atoms with Gasteiger partial charge >= 0.3 is 5.97 Å². The zero-order valence-corrected chi connectivity index (χ0v) is 63.3. The highest BCUT2D eigenvalue weighted by Gasteiger charge is 2.52. The SMILES string of the molecule is C#CCOc1ccc(CN[C@@]2(C)C[C@H](O[C@H]3[C@H](Oc4c5cc6cc4Oc4ccc(cc4Cl)[C@@H](O)[C@@H](NC(=O)[C@@H](CC(C)C)NC)C(=O)N[C@@H](CC(N)=O)C(=O)N[C@H]6C(=O)N[C@H]4C(=O)N[C@H](C(=O)N[C@H](C(=O)O)c6cc(O)cc(O)c6-c6cc4ccc6O)[C@H](O)c4ccc(c(Cl)c4)O5)O[C@H](CO)[C@@H](O)[C@@H]3O)O[C@@H](C)[C@H]2O)cc1OC. The van der Waals surface area contributed by atoms with Crippen LogP contribution in [0.25, 0.3) is 11.1 Å². The number of hydrogen-bond acceptors (Lipinski definition) is 27. The number of hydrogen-bond donors (Lipinski definition) is 19. The second kappa shape index (κ2) is 35.3. The van der Waals surface area contributed by atoms with Crippen molar-refractivity contribution >= 4 is 70.5 Å². The zero-order chi connectivity index (χ0) is 82.6. The van der Waals surface area contributed by atoms with Gasteiger partial charge in [0.25, 0.3) is 0 Å². The number of nitrogens with one attached hydrogen (secondary N) is 8. The van der Waals surface area contributed by atoms with Gasteiger partial charge in [0.15, 0.2) is 41.4 Å². The van der Waals surface area contributed by atoms with Gasteiger partial charge in [-0.15, -0.1) is 6.42 Å². The maximum absolute atomic E-state index is 16.2. The first kappa shape index (κ1) is 84.1. The lowest BCUT2D eigenvalue weighted by Crippen LogP contribution is -2.65. The lowest BCUT2D eigenvalue weighted by molar-refractivity contribution is -0.334. The molecule has 7 heterocycles. The van der Waals surface area contributed by atoms with E-state index in [9.17, 15) is 75.0 Å². The second-order valence-corrected chi connectivity index (χ2v) is 29.3. The Morgan fingerprint density at radius 1 is 0.728 bits per heavy atom. The van der Waals surface area contributed by atoms with Crippen LogP contribution in [0.3, 0.4) is 0 Å². The molecule has 0 spiro atoms. The summed E-state index contributed by atoms with van der Waals surface area (Å²) in [4.78, 5) is 118. The largest absolute Gasteiger partial charge is 0.508 e. The van der Waals surface area contributed by atoms with E-state index >= 15 is 14.4 Å². The molecule has 7 amide bonds. The Hall–Kier alpha value is -10.8. The number of halogens is 2. The third-order valence-electron chi connectivity index (χ3n) is 20.0. The number of carbonyl (C=O) groups is 8. The minimum absolute atomic E-state index is 0.0399. The van der Waals surface area contributed by atoms with E-state index in [1.165, 1.54) is 26.3 Å². The van der Waals surface area contributed by atoms with Gasteiger partial charge in [-0.05, 0) is 128 Å². The average Bonchev–Trinajstić information content (AvgIpc) is 0.765. The third-order valence-corrected chi connectivity index (χ3v) is 20.6. The molecule has 11 bridgehead atoms. The molecule has 20 N–H and O–H groups in total. The van der Waals surface area contributed by atoms with Gasteiger partial charge in [0.2, 0.25) is 53.4 Å². The summed E-state index contributed by atoms with van der Waals surface area (Å²) in [6.45, 7) is 5.91. The highest BCUT2D eigenvalue weighted by Crippen LogP contribution is 2.50. The van der Waals surface area contributed by atoms with Crippen LogP contribution in [-0.2, 0) is 59.1 Å². The minimum Gasteiger partial charge on any atom is -0.508 e. The number of likely N-dealkylation sites (N-methyl/N-ethyl adjacent to an activating group) is 1. The molecular formula is C77H85Cl2N9O26. The molecule has 2 saturated heterocycles. The molecular weight excluding hydrogens is 1540 g/mol. The van der Waals surface area contributed by atoms with Crippen molar-refractivity contribution < 1.29 is 127 Å². The van der Waals surface area contributed by atoms with E-state index in [1.807, 2.05) is 13.8 Å². The molecule has 13 rings (SSSR count). The van der Waals surface area contributed by atoms with Crippen molar-refractivity contribution in [3.63, 3.8) is 0 Å². The van der Waals surface area contributed by atoms with E-state index in [1.54, 1.807) is 32.0 Å². The molecule has 6 aromatic rings. The number of phenolic OH excluding ortho intramolecular Hbond substituents is 3. The number of methoxy groups -OCH3 is 1. The van der Waals surface area contributed by atoms with Gasteiger partial charge in [0, 0.05) is 41.3 Å². The third kappa shape index (κ3) is 18.2. The van der Waals surface area contributed by atoms with Crippen LogP contribution in [-0.4, -0.2) is 205 Å². The fourth-order valence-electron chi connectivity index (χ4n) is 14.0. The normalized spacial score (nSPS) is 27.3. The van der Waals surface area contributed by atoms with Crippen LogP contribution in [0.2, 0.25) is 10.0 Å². The number of aliphatic carboxylic acids is 1. The number of phenols is 3. The summed E-state index contributed by atoms with van der Waals surface area (Å²) in [5, 5.41) is 136. The van der Waals surface area contributed by atoms with Crippen LogP contribution in [0.4, 0.5) is 0 Å². The van der Waals surface area contributed by atoms with Gasteiger partial charge in [-0.1, -0.05) is 67.2 Å². The predicted octanol–water partition coefficient (Wildman–Crippen LogP) is 1.96. The molecule has 608 valence electrons. The molecule has 7 aliphatic rings. The Bertz CT molecular complexity index is 4740. The van der Waals surface area contributed by atoms with Crippen molar-refractivity contribution in [2.24, 2.45) is 11.7 Å². The van der Waals surface area contributed by atoms with Crippen LogP contribution in [0, 0.1) is 18.3 Å². The standard InChI is InChI=1S/C77H85Cl2N9O26/c1-8-17-108-49-14-9-33(19-50(49)107-7)29-82-77(5)28-55(109-32(4)68(77)98)113-67-65(97)64(96)53(30-89)112-76(67)114-66-51-23-37-24-52(66)111-48-16-12-36(22-42(48)79)63(95)61-74(104)86-59(75(105)106)40-25-38(90)26-46(92)56(40)39-20-34(10-13-45(39)91)57(71(101)88-61)85-72(102)58(37)84-70(100)44(27-54(80)93)83-73(103)60(87-69(99)43(81-6)18-31(2)3)62(94)35-11-15-47(110-51)41(78)21-35/h1,9-16,19-26,31-32,43-44,53,55,57-65,67-68,76,81-82,89-92,94-98H,17-18,27-30H2,2-7H3,(H2,80,93)(H,83,103)(H,84,100)(H,85,102)(H,86,104)(H,87,99)(H,88,101)(H,105,106)/t32-,43+,44-,53+,55-,57+,58+,59-,60+,61-,62+,63+,64+,65-,67+,68+,76-,77-/m0/s1. The quantitative estimate of drug-likeness (QED) is 0.0515.